The highest BCUT2D eigenvalue weighted by Gasteiger charge is 2.27. The molecule has 0 aromatic heterocycles. The van der Waals surface area contributed by atoms with Crippen molar-refractivity contribution in [2.24, 2.45) is 0 Å². The molecular formula is C22H28F2N2O2. The number of nitrogens with zero attached hydrogens (tertiary/aromatic N) is 2. The minimum Gasteiger partial charge on any atom is -0.494 e. The topological polar surface area (TPSA) is 35.9 Å². The molecule has 1 N–H and O–H groups in total. The number of hydrogen-bond donors (Lipinski definition) is 1. The highest BCUT2D eigenvalue weighted by molar-refractivity contribution is 5.33. The predicted octanol–water partition coefficient (Wildman–Crippen LogP) is 3.43. The Kier molecular flexibility index (Phi) is 7.36. The van der Waals surface area contributed by atoms with Gasteiger partial charge in [-0.05, 0) is 37.1 Å². The van der Waals surface area contributed by atoms with E-state index in [2.05, 4.69) is 15.9 Å². The van der Waals surface area contributed by atoms with E-state index >= 15 is 0 Å². The molecule has 0 aliphatic carbocycles. The van der Waals surface area contributed by atoms with Crippen LogP contribution in [-0.2, 0) is 13.1 Å². The van der Waals surface area contributed by atoms with Crippen molar-refractivity contribution in [3.05, 3.63) is 65.2 Å². The van der Waals surface area contributed by atoms with Gasteiger partial charge in [-0.1, -0.05) is 18.2 Å². The third-order valence-electron chi connectivity index (χ3n) is 5.13. The molecular weight excluding hydrogens is 362 g/mol. The normalized spacial score (nSPS) is 18.4. The van der Waals surface area contributed by atoms with Crippen LogP contribution in [0.1, 0.15) is 24.5 Å². The van der Waals surface area contributed by atoms with Crippen molar-refractivity contribution in [2.75, 3.05) is 32.8 Å². The largest absolute Gasteiger partial charge is 0.494 e. The van der Waals surface area contributed by atoms with Crippen LogP contribution in [0.3, 0.4) is 0 Å². The maximum Gasteiger partial charge on any atom is 0.126 e. The molecule has 0 spiro atoms. The molecule has 1 aliphatic heterocycles. The third kappa shape index (κ3) is 5.50. The maximum absolute atomic E-state index is 13.5. The molecule has 0 unspecified atom stereocenters. The van der Waals surface area contributed by atoms with Crippen LogP contribution in [0.5, 0.6) is 5.75 Å². The highest BCUT2D eigenvalue weighted by atomic mass is 19.1. The summed E-state index contributed by atoms with van der Waals surface area (Å²) in [6.07, 6.45) is 0.658. The lowest BCUT2D eigenvalue weighted by molar-refractivity contribution is 0.0493. The lowest BCUT2D eigenvalue weighted by Gasteiger charge is -2.41. The Morgan fingerprint density at radius 2 is 1.82 bits per heavy atom. The van der Waals surface area contributed by atoms with Gasteiger partial charge in [0.15, 0.2) is 0 Å². The third-order valence-corrected chi connectivity index (χ3v) is 5.13. The van der Waals surface area contributed by atoms with Crippen LogP contribution in [0.25, 0.3) is 0 Å². The number of benzene rings is 2. The van der Waals surface area contributed by atoms with Crippen molar-refractivity contribution in [3.63, 3.8) is 0 Å². The standard InChI is InChI=1S/C22H28F2N2O2/c1-2-28-22-6-4-3-5-18(22)15-26-9-8-25(16-21(26)7-10-27)14-17-11-19(23)13-20(24)12-17/h3-6,11-13,21,27H,2,7-10,14-16H2,1H3/t21-/m1/s1. The first-order valence-corrected chi connectivity index (χ1v) is 9.82. The first-order valence-electron chi connectivity index (χ1n) is 9.82. The monoisotopic (exact) mass is 390 g/mol. The summed E-state index contributed by atoms with van der Waals surface area (Å²) in [5.74, 6) is -0.202. The average molecular weight is 390 g/mol. The molecule has 3 rings (SSSR count). The number of para-hydroxylation sites is 1. The van der Waals surface area contributed by atoms with Crippen molar-refractivity contribution >= 4 is 0 Å². The summed E-state index contributed by atoms with van der Waals surface area (Å²) in [5, 5.41) is 9.52. The number of halogens is 2. The van der Waals surface area contributed by atoms with Gasteiger partial charge < -0.3 is 9.84 Å². The van der Waals surface area contributed by atoms with E-state index in [1.165, 1.54) is 12.1 Å². The molecule has 1 aliphatic rings. The summed E-state index contributed by atoms with van der Waals surface area (Å²) in [6, 6.07) is 11.9. The Labute approximate surface area is 165 Å². The molecule has 1 heterocycles. The second kappa shape index (κ2) is 9.96. The van der Waals surface area contributed by atoms with Crippen LogP contribution >= 0.6 is 0 Å². The molecule has 1 atom stereocenters. The van der Waals surface area contributed by atoms with Gasteiger partial charge in [-0.3, -0.25) is 9.80 Å². The number of piperazine rings is 1. The first kappa shape index (κ1) is 20.7. The molecule has 2 aromatic rings. The van der Waals surface area contributed by atoms with Crippen molar-refractivity contribution in [1.29, 1.82) is 0 Å². The Hall–Kier alpha value is -2.02. The van der Waals surface area contributed by atoms with Gasteiger partial charge >= 0.3 is 0 Å². The molecule has 1 saturated heterocycles. The molecule has 0 bridgehead atoms. The fraction of sp³-hybridized carbons (Fsp3) is 0.455. The van der Waals surface area contributed by atoms with E-state index < -0.39 is 11.6 Å². The molecule has 28 heavy (non-hydrogen) atoms. The van der Waals surface area contributed by atoms with Gasteiger partial charge in [0.05, 0.1) is 6.61 Å². The fourth-order valence-corrected chi connectivity index (χ4v) is 3.84. The van der Waals surface area contributed by atoms with E-state index in [-0.39, 0.29) is 12.6 Å². The van der Waals surface area contributed by atoms with Crippen LogP contribution in [0.2, 0.25) is 0 Å². The fourth-order valence-electron chi connectivity index (χ4n) is 3.84. The molecule has 0 amide bonds. The minimum absolute atomic E-state index is 0.108. The number of aliphatic hydroxyl groups excluding tert-OH is 1. The lowest BCUT2D eigenvalue weighted by Crippen LogP contribution is -2.52. The van der Waals surface area contributed by atoms with E-state index in [9.17, 15) is 13.9 Å². The number of aliphatic hydroxyl groups is 1. The van der Waals surface area contributed by atoms with Crippen molar-refractivity contribution in [3.8, 4) is 5.75 Å². The SMILES string of the molecule is CCOc1ccccc1CN1CCN(Cc2cc(F)cc(F)c2)C[C@H]1CCO. The van der Waals surface area contributed by atoms with Crippen LogP contribution in [0.15, 0.2) is 42.5 Å². The van der Waals surface area contributed by atoms with Crippen LogP contribution < -0.4 is 4.74 Å². The van der Waals surface area contributed by atoms with Gasteiger partial charge in [0.1, 0.15) is 17.4 Å². The zero-order valence-electron chi connectivity index (χ0n) is 16.3. The Balaban J connectivity index is 1.67. The molecule has 0 radical (unpaired) electrons. The van der Waals surface area contributed by atoms with Crippen LogP contribution in [0.4, 0.5) is 8.78 Å². The average Bonchev–Trinajstić information content (AvgIpc) is 2.65. The quantitative estimate of drug-likeness (QED) is 0.749. The van der Waals surface area contributed by atoms with Gasteiger partial charge in [-0.2, -0.15) is 0 Å². The summed E-state index contributed by atoms with van der Waals surface area (Å²) < 4.78 is 32.7. The Morgan fingerprint density at radius 1 is 1.07 bits per heavy atom. The van der Waals surface area contributed by atoms with E-state index in [4.69, 9.17) is 4.74 Å². The molecule has 152 valence electrons. The van der Waals surface area contributed by atoms with E-state index in [0.29, 0.717) is 25.1 Å². The van der Waals surface area contributed by atoms with Gasteiger partial charge in [0.25, 0.3) is 0 Å². The van der Waals surface area contributed by atoms with Gasteiger partial charge in [0, 0.05) is 57.0 Å². The molecule has 4 nitrogen and oxygen atoms in total. The zero-order chi connectivity index (χ0) is 19.9. The van der Waals surface area contributed by atoms with Crippen molar-refractivity contribution < 1.29 is 18.6 Å². The zero-order valence-corrected chi connectivity index (χ0v) is 16.3. The smallest absolute Gasteiger partial charge is 0.126 e. The maximum atomic E-state index is 13.5. The van der Waals surface area contributed by atoms with E-state index in [1.54, 1.807) is 0 Å². The first-order chi connectivity index (χ1) is 13.6. The van der Waals surface area contributed by atoms with Crippen molar-refractivity contribution in [2.45, 2.75) is 32.5 Å². The number of ether oxygens (including phenoxy) is 1. The van der Waals surface area contributed by atoms with E-state index in [1.807, 2.05) is 25.1 Å². The Bertz CT molecular complexity index is 752. The number of hydrogen-bond acceptors (Lipinski definition) is 4. The second-order valence-corrected chi connectivity index (χ2v) is 7.19. The number of rotatable bonds is 8. The summed E-state index contributed by atoms with van der Waals surface area (Å²) in [5.41, 5.74) is 1.77. The van der Waals surface area contributed by atoms with Crippen molar-refractivity contribution in [1.82, 2.24) is 9.80 Å². The second-order valence-electron chi connectivity index (χ2n) is 7.19. The van der Waals surface area contributed by atoms with E-state index in [0.717, 1.165) is 43.6 Å². The molecule has 0 saturated carbocycles. The summed E-state index contributed by atoms with van der Waals surface area (Å²) in [6.45, 7) is 6.32. The molecule has 2 aromatic carbocycles. The van der Waals surface area contributed by atoms with Gasteiger partial charge in [-0.15, -0.1) is 0 Å². The summed E-state index contributed by atoms with van der Waals surface area (Å²) in [7, 11) is 0. The Morgan fingerprint density at radius 3 is 2.54 bits per heavy atom. The molecule has 6 heteroatoms. The minimum atomic E-state index is -0.548. The highest BCUT2D eigenvalue weighted by Crippen LogP contribution is 2.24. The van der Waals surface area contributed by atoms with Crippen LogP contribution in [-0.4, -0.2) is 53.8 Å². The summed E-state index contributed by atoms with van der Waals surface area (Å²) in [4.78, 5) is 4.55. The lowest BCUT2D eigenvalue weighted by atomic mass is 10.1. The van der Waals surface area contributed by atoms with Gasteiger partial charge in [0.2, 0.25) is 0 Å². The predicted molar refractivity (Wildman–Crippen MR) is 105 cm³/mol. The van der Waals surface area contributed by atoms with Crippen LogP contribution in [0, 0.1) is 11.6 Å². The van der Waals surface area contributed by atoms with Gasteiger partial charge in [-0.25, -0.2) is 8.78 Å². The molecule has 1 fully saturated rings. The summed E-state index contributed by atoms with van der Waals surface area (Å²) >= 11 is 0.